The van der Waals surface area contributed by atoms with Crippen LogP contribution in [0.1, 0.15) is 22.3 Å². The predicted octanol–water partition coefficient (Wildman–Crippen LogP) is 2.24. The molecule has 1 unspecified atom stereocenters. The number of rotatable bonds is 10. The lowest BCUT2D eigenvalue weighted by Crippen LogP contribution is -2.48. The van der Waals surface area contributed by atoms with Gasteiger partial charge in [-0.3, -0.25) is 9.59 Å². The fourth-order valence-electron chi connectivity index (χ4n) is 2.77. The predicted molar refractivity (Wildman–Crippen MR) is 117 cm³/mol. The molecule has 0 radical (unpaired) electrons. The van der Waals surface area contributed by atoms with Gasteiger partial charge in [0.05, 0.1) is 18.4 Å². The number of nitrogens with one attached hydrogen (secondary N) is 2. The average Bonchev–Trinajstić information content (AvgIpc) is 2.71. The second-order valence-electron chi connectivity index (χ2n) is 6.81. The monoisotopic (exact) mass is 452 g/mol. The number of para-hydroxylation sites is 1. The molecule has 0 aliphatic carbocycles. The summed E-state index contributed by atoms with van der Waals surface area (Å²) in [5, 5.41) is 6.01. The van der Waals surface area contributed by atoms with E-state index < -0.39 is 27.7 Å². The second kappa shape index (κ2) is 11.0. The van der Waals surface area contributed by atoms with Gasteiger partial charge in [-0.15, -0.1) is 0 Å². The summed E-state index contributed by atoms with van der Waals surface area (Å²) < 4.78 is 28.3. The Morgan fingerprint density at radius 1 is 1.10 bits per heavy atom. The number of hydrogen-bond donors (Lipinski definition) is 2. The van der Waals surface area contributed by atoms with Crippen molar-refractivity contribution in [1.82, 2.24) is 10.6 Å². The molecule has 0 fully saturated rings. The van der Waals surface area contributed by atoms with Gasteiger partial charge in [0.1, 0.15) is 21.6 Å². The van der Waals surface area contributed by atoms with E-state index in [-0.39, 0.29) is 17.7 Å². The molecule has 2 aromatic rings. The summed E-state index contributed by atoms with van der Waals surface area (Å²) >= 11 is 5.86. The van der Waals surface area contributed by atoms with Gasteiger partial charge in [-0.25, -0.2) is 8.42 Å². The Kier molecular flexibility index (Phi) is 8.68. The van der Waals surface area contributed by atoms with Crippen LogP contribution in [0.5, 0.6) is 5.75 Å². The van der Waals surface area contributed by atoms with Gasteiger partial charge in [0.15, 0.2) is 0 Å². The lowest BCUT2D eigenvalue weighted by atomic mass is 10.1. The molecular weight excluding hydrogens is 428 g/mol. The van der Waals surface area contributed by atoms with Crippen LogP contribution in [-0.2, 0) is 21.1 Å². The Morgan fingerprint density at radius 3 is 2.40 bits per heavy atom. The lowest BCUT2D eigenvalue weighted by Gasteiger charge is -2.19. The zero-order chi connectivity index (χ0) is 22.1. The fourth-order valence-corrected chi connectivity index (χ4v) is 3.56. The molecule has 30 heavy (non-hydrogen) atoms. The molecule has 0 spiro atoms. The van der Waals surface area contributed by atoms with Crippen molar-refractivity contribution in [2.45, 2.75) is 18.9 Å². The highest BCUT2D eigenvalue weighted by molar-refractivity contribution is 7.90. The molecule has 1 atom stereocenters. The minimum Gasteiger partial charge on any atom is -0.496 e. The van der Waals surface area contributed by atoms with Crippen LogP contribution in [0.15, 0.2) is 48.5 Å². The van der Waals surface area contributed by atoms with E-state index >= 15 is 0 Å². The number of hydrogen-bond acceptors (Lipinski definition) is 5. The zero-order valence-electron chi connectivity index (χ0n) is 16.9. The van der Waals surface area contributed by atoms with Crippen molar-refractivity contribution >= 4 is 33.3 Å². The molecule has 7 nitrogen and oxygen atoms in total. The molecule has 0 saturated heterocycles. The Bertz CT molecular complexity index is 977. The summed E-state index contributed by atoms with van der Waals surface area (Å²) in [6.07, 6.45) is 1.62. The van der Waals surface area contributed by atoms with Crippen molar-refractivity contribution in [1.29, 1.82) is 0 Å². The number of ether oxygens (including phenoxy) is 1. The van der Waals surface area contributed by atoms with E-state index in [0.29, 0.717) is 23.7 Å². The summed E-state index contributed by atoms with van der Waals surface area (Å²) in [5.41, 5.74) is 1.25. The van der Waals surface area contributed by atoms with Crippen LogP contribution in [0.25, 0.3) is 0 Å². The molecule has 0 aliphatic heterocycles. The first-order valence-electron chi connectivity index (χ1n) is 9.33. The van der Waals surface area contributed by atoms with Gasteiger partial charge in [0.2, 0.25) is 5.91 Å². The average molecular weight is 453 g/mol. The van der Waals surface area contributed by atoms with Crippen LogP contribution in [-0.4, -0.2) is 51.9 Å². The van der Waals surface area contributed by atoms with Crippen molar-refractivity contribution in [2.24, 2.45) is 0 Å². The van der Waals surface area contributed by atoms with E-state index in [9.17, 15) is 18.0 Å². The van der Waals surface area contributed by atoms with Gasteiger partial charge in [-0.2, -0.15) is 0 Å². The summed E-state index contributed by atoms with van der Waals surface area (Å²) in [4.78, 5) is 25.3. The molecule has 0 bridgehead atoms. The first kappa shape index (κ1) is 23.7. The van der Waals surface area contributed by atoms with E-state index in [1.807, 2.05) is 12.1 Å². The minimum absolute atomic E-state index is 0.0352. The third-order valence-electron chi connectivity index (χ3n) is 4.38. The highest BCUT2D eigenvalue weighted by Gasteiger charge is 2.24. The smallest absolute Gasteiger partial charge is 0.255 e. The van der Waals surface area contributed by atoms with E-state index in [2.05, 4.69) is 10.6 Å². The molecule has 162 valence electrons. The van der Waals surface area contributed by atoms with Gasteiger partial charge in [-0.1, -0.05) is 35.9 Å². The maximum Gasteiger partial charge on any atom is 0.255 e. The van der Waals surface area contributed by atoms with Crippen LogP contribution in [0, 0.1) is 0 Å². The number of halogens is 1. The molecule has 0 saturated carbocycles. The van der Waals surface area contributed by atoms with Crippen LogP contribution in [0.3, 0.4) is 0 Å². The van der Waals surface area contributed by atoms with Crippen molar-refractivity contribution in [3.8, 4) is 5.75 Å². The van der Waals surface area contributed by atoms with Crippen LogP contribution in [0.4, 0.5) is 0 Å². The zero-order valence-corrected chi connectivity index (χ0v) is 18.4. The third-order valence-corrected chi connectivity index (χ3v) is 5.61. The summed E-state index contributed by atoms with van der Waals surface area (Å²) in [5.74, 6) is -0.830. The van der Waals surface area contributed by atoms with Crippen molar-refractivity contribution in [2.75, 3.05) is 25.7 Å². The van der Waals surface area contributed by atoms with Crippen LogP contribution < -0.4 is 15.4 Å². The standard InChI is InChI=1S/C21H25ClN2O5S/c1-29-19-6-4-3-5-17(19)20(25)24-18(12-14-30(2,27)28)21(26)23-13-11-15-7-9-16(22)10-8-15/h3-10,18H,11-14H2,1-2H3,(H,23,26)(H,24,25). The number of carbonyl (C=O) groups is 2. The highest BCUT2D eigenvalue weighted by Crippen LogP contribution is 2.17. The number of amides is 2. The topological polar surface area (TPSA) is 102 Å². The van der Waals surface area contributed by atoms with Gasteiger partial charge < -0.3 is 15.4 Å². The van der Waals surface area contributed by atoms with E-state index in [1.165, 1.54) is 7.11 Å². The largest absolute Gasteiger partial charge is 0.496 e. The Labute approximate surface area is 181 Å². The first-order chi connectivity index (χ1) is 14.2. The van der Waals surface area contributed by atoms with Gasteiger partial charge >= 0.3 is 0 Å². The number of methoxy groups -OCH3 is 1. The number of benzene rings is 2. The molecule has 0 heterocycles. The minimum atomic E-state index is -3.30. The Morgan fingerprint density at radius 2 is 1.77 bits per heavy atom. The van der Waals surface area contributed by atoms with E-state index in [1.54, 1.807) is 36.4 Å². The van der Waals surface area contributed by atoms with E-state index in [0.717, 1.165) is 11.8 Å². The summed E-state index contributed by atoms with van der Waals surface area (Å²) in [7, 11) is -1.86. The molecule has 2 aromatic carbocycles. The second-order valence-corrected chi connectivity index (χ2v) is 9.51. The molecule has 0 aliphatic rings. The Balaban J connectivity index is 2.04. The molecule has 2 rings (SSSR count). The molecule has 2 N–H and O–H groups in total. The molecule has 9 heteroatoms. The third kappa shape index (κ3) is 7.68. The molecular formula is C21H25ClN2O5S. The van der Waals surface area contributed by atoms with Crippen LogP contribution in [0.2, 0.25) is 5.02 Å². The Hall–Kier alpha value is -2.58. The van der Waals surface area contributed by atoms with Crippen molar-refractivity contribution < 1.29 is 22.7 Å². The first-order valence-corrected chi connectivity index (χ1v) is 11.8. The lowest BCUT2D eigenvalue weighted by molar-refractivity contribution is -0.122. The molecule has 2 amide bonds. The SMILES string of the molecule is COc1ccccc1C(=O)NC(CCS(C)(=O)=O)C(=O)NCCc1ccc(Cl)cc1. The summed E-state index contributed by atoms with van der Waals surface area (Å²) in [6.45, 7) is 0.334. The van der Waals surface area contributed by atoms with Crippen LogP contribution >= 0.6 is 11.6 Å². The van der Waals surface area contributed by atoms with Gasteiger partial charge in [0.25, 0.3) is 5.91 Å². The van der Waals surface area contributed by atoms with Crippen molar-refractivity contribution in [3.05, 3.63) is 64.7 Å². The summed E-state index contributed by atoms with van der Waals surface area (Å²) in [6, 6.07) is 12.9. The maximum absolute atomic E-state index is 12.7. The van der Waals surface area contributed by atoms with Crippen molar-refractivity contribution in [3.63, 3.8) is 0 Å². The fraction of sp³-hybridized carbons (Fsp3) is 0.333. The van der Waals surface area contributed by atoms with E-state index in [4.69, 9.17) is 16.3 Å². The normalized spacial score (nSPS) is 12.1. The highest BCUT2D eigenvalue weighted by atomic mass is 35.5. The van der Waals surface area contributed by atoms with Gasteiger partial charge in [-0.05, 0) is 42.7 Å². The quantitative estimate of drug-likeness (QED) is 0.575. The van der Waals surface area contributed by atoms with Gasteiger partial charge in [0, 0.05) is 17.8 Å². The molecule has 0 aromatic heterocycles. The number of sulfone groups is 1. The maximum atomic E-state index is 12.7. The number of carbonyl (C=O) groups excluding carboxylic acids is 2.